The number of fused-ring (bicyclic) bond motifs is 1. The first-order valence-electron chi connectivity index (χ1n) is 3.58. The van der Waals surface area contributed by atoms with Gasteiger partial charge in [-0.1, -0.05) is 0 Å². The maximum Gasteiger partial charge on any atom is 0.138 e. The zero-order chi connectivity index (χ0) is 8.55. The van der Waals surface area contributed by atoms with Crippen LogP contribution >= 0.6 is 0 Å². The van der Waals surface area contributed by atoms with Crippen molar-refractivity contribution in [1.29, 1.82) is 0 Å². The Morgan fingerprint density at radius 1 is 1.25 bits per heavy atom. The van der Waals surface area contributed by atoms with Gasteiger partial charge in [0.2, 0.25) is 0 Å². The Morgan fingerprint density at radius 2 is 1.92 bits per heavy atom. The van der Waals surface area contributed by atoms with Crippen LogP contribution < -0.4 is 4.74 Å². The summed E-state index contributed by atoms with van der Waals surface area (Å²) in [6.45, 7) is 1.95. The molecule has 0 radical (unpaired) electrons. The number of nitrogens with zero attached hydrogens (tertiary/aromatic N) is 2. The molecule has 0 saturated heterocycles. The Balaban J connectivity index is 2.73. The van der Waals surface area contributed by atoms with Crippen LogP contribution in [0.25, 0.3) is 11.0 Å². The molecule has 0 fully saturated rings. The van der Waals surface area contributed by atoms with E-state index in [9.17, 15) is 0 Å². The Morgan fingerprint density at radius 3 is 2.58 bits per heavy atom. The minimum absolute atomic E-state index is 0.720. The molecule has 4 nitrogen and oxygen atoms in total. The van der Waals surface area contributed by atoms with Crippen molar-refractivity contribution in [3.8, 4) is 5.75 Å². The van der Waals surface area contributed by atoms with E-state index in [4.69, 9.17) is 4.74 Å². The first-order valence-corrected chi connectivity index (χ1v) is 3.58. The zero-order valence-electron chi connectivity index (χ0n) is 6.87. The fourth-order valence-electron chi connectivity index (χ4n) is 1.14. The van der Waals surface area contributed by atoms with Crippen molar-refractivity contribution >= 4 is 11.0 Å². The van der Waals surface area contributed by atoms with Crippen LogP contribution in [0.3, 0.4) is 0 Å². The summed E-state index contributed by atoms with van der Waals surface area (Å²) in [5.41, 5.74) is 2.51. The number of methoxy groups -OCH3 is 1. The van der Waals surface area contributed by atoms with Crippen LogP contribution in [-0.4, -0.2) is 17.4 Å². The van der Waals surface area contributed by atoms with Crippen LogP contribution in [0.4, 0.5) is 0 Å². The fourth-order valence-corrected chi connectivity index (χ4v) is 1.14. The lowest BCUT2D eigenvalue weighted by Gasteiger charge is -2.01. The average Bonchev–Trinajstić information content (AvgIpc) is 2.49. The Kier molecular flexibility index (Phi) is 1.46. The molecule has 0 atom stereocenters. The van der Waals surface area contributed by atoms with Gasteiger partial charge in [0.25, 0.3) is 0 Å². The number of rotatable bonds is 1. The minimum Gasteiger partial charge on any atom is -0.496 e. The maximum atomic E-state index is 5.11. The standard InChI is InChI=1S/C8H8N2O2/c1-5-3-6-7(10-12-9-6)4-8(5)11-2/h3-4H,1-2H3. The molecule has 2 aromatic rings. The molecule has 0 N–H and O–H groups in total. The van der Waals surface area contributed by atoms with E-state index >= 15 is 0 Å². The second kappa shape index (κ2) is 2.48. The number of aryl methyl sites for hydroxylation is 1. The van der Waals surface area contributed by atoms with Gasteiger partial charge in [0.15, 0.2) is 0 Å². The summed E-state index contributed by atoms with van der Waals surface area (Å²) in [5.74, 6) is 0.804. The van der Waals surface area contributed by atoms with Gasteiger partial charge in [-0.05, 0) is 28.9 Å². The third-order valence-electron chi connectivity index (χ3n) is 1.77. The molecular weight excluding hydrogens is 156 g/mol. The molecule has 0 spiro atoms. The van der Waals surface area contributed by atoms with E-state index in [2.05, 4.69) is 14.9 Å². The zero-order valence-corrected chi connectivity index (χ0v) is 6.87. The number of ether oxygens (including phenoxy) is 1. The van der Waals surface area contributed by atoms with Crippen molar-refractivity contribution in [3.63, 3.8) is 0 Å². The number of aromatic nitrogens is 2. The normalized spacial score (nSPS) is 10.5. The fraction of sp³-hybridized carbons (Fsp3) is 0.250. The van der Waals surface area contributed by atoms with Gasteiger partial charge in [-0.25, -0.2) is 4.63 Å². The van der Waals surface area contributed by atoms with Crippen LogP contribution in [-0.2, 0) is 0 Å². The van der Waals surface area contributed by atoms with Crippen LogP contribution in [0.2, 0.25) is 0 Å². The Hall–Kier alpha value is -1.58. The van der Waals surface area contributed by atoms with Gasteiger partial charge in [0.05, 0.1) is 7.11 Å². The van der Waals surface area contributed by atoms with Crippen molar-refractivity contribution in [3.05, 3.63) is 17.7 Å². The molecule has 2 rings (SSSR count). The van der Waals surface area contributed by atoms with E-state index in [-0.39, 0.29) is 0 Å². The first kappa shape index (κ1) is 7.09. The van der Waals surface area contributed by atoms with E-state index in [1.807, 2.05) is 13.0 Å². The number of benzene rings is 1. The molecule has 1 heterocycles. The third kappa shape index (κ3) is 0.922. The summed E-state index contributed by atoms with van der Waals surface area (Å²) in [6.07, 6.45) is 0. The predicted octanol–water partition coefficient (Wildman–Crippen LogP) is 1.54. The molecular formula is C8H8N2O2. The molecule has 4 heteroatoms. The van der Waals surface area contributed by atoms with Gasteiger partial charge in [-0.3, -0.25) is 0 Å². The summed E-state index contributed by atoms with van der Waals surface area (Å²) in [7, 11) is 1.63. The van der Waals surface area contributed by atoms with Gasteiger partial charge in [-0.2, -0.15) is 0 Å². The van der Waals surface area contributed by atoms with Crippen LogP contribution in [0.5, 0.6) is 5.75 Å². The van der Waals surface area contributed by atoms with Crippen molar-refractivity contribution in [2.75, 3.05) is 7.11 Å². The van der Waals surface area contributed by atoms with E-state index in [1.54, 1.807) is 13.2 Å². The van der Waals surface area contributed by atoms with Gasteiger partial charge in [0.1, 0.15) is 16.8 Å². The highest BCUT2D eigenvalue weighted by Gasteiger charge is 2.04. The van der Waals surface area contributed by atoms with Crippen molar-refractivity contribution in [2.24, 2.45) is 0 Å². The highest BCUT2D eigenvalue weighted by molar-refractivity contribution is 5.76. The van der Waals surface area contributed by atoms with Gasteiger partial charge < -0.3 is 4.74 Å². The molecule has 62 valence electrons. The van der Waals surface area contributed by atoms with E-state index < -0.39 is 0 Å². The number of hydrogen-bond donors (Lipinski definition) is 0. The van der Waals surface area contributed by atoms with E-state index in [0.29, 0.717) is 0 Å². The monoisotopic (exact) mass is 164 g/mol. The lowest BCUT2D eigenvalue weighted by Crippen LogP contribution is -1.86. The molecule has 0 aliphatic rings. The molecule has 1 aromatic carbocycles. The van der Waals surface area contributed by atoms with Crippen LogP contribution in [0.1, 0.15) is 5.56 Å². The van der Waals surface area contributed by atoms with Crippen LogP contribution in [0, 0.1) is 6.92 Å². The molecule has 0 bridgehead atoms. The summed E-state index contributed by atoms with van der Waals surface area (Å²) >= 11 is 0. The minimum atomic E-state index is 0.720. The van der Waals surface area contributed by atoms with Crippen LogP contribution in [0.15, 0.2) is 16.8 Å². The quantitative estimate of drug-likeness (QED) is 0.641. The summed E-state index contributed by atoms with van der Waals surface area (Å²) in [5, 5.41) is 7.42. The topological polar surface area (TPSA) is 48.2 Å². The van der Waals surface area contributed by atoms with E-state index in [0.717, 1.165) is 22.3 Å². The highest BCUT2D eigenvalue weighted by atomic mass is 16.6. The third-order valence-corrected chi connectivity index (χ3v) is 1.77. The van der Waals surface area contributed by atoms with Crippen molar-refractivity contribution in [2.45, 2.75) is 6.92 Å². The second-order valence-corrected chi connectivity index (χ2v) is 2.57. The van der Waals surface area contributed by atoms with Gasteiger partial charge in [-0.15, -0.1) is 0 Å². The summed E-state index contributed by atoms with van der Waals surface area (Å²) in [6, 6.07) is 3.69. The average molecular weight is 164 g/mol. The SMILES string of the molecule is COc1cc2nonc2cc1C. The number of hydrogen-bond acceptors (Lipinski definition) is 4. The first-order chi connectivity index (χ1) is 5.81. The largest absolute Gasteiger partial charge is 0.496 e. The van der Waals surface area contributed by atoms with Gasteiger partial charge in [0, 0.05) is 6.07 Å². The van der Waals surface area contributed by atoms with Gasteiger partial charge >= 0.3 is 0 Å². The lowest BCUT2D eigenvalue weighted by molar-refractivity contribution is 0.315. The summed E-state index contributed by atoms with van der Waals surface area (Å²) < 4.78 is 9.68. The predicted molar refractivity (Wildman–Crippen MR) is 43.1 cm³/mol. The Bertz CT molecular complexity index is 408. The molecule has 0 amide bonds. The van der Waals surface area contributed by atoms with E-state index in [1.165, 1.54) is 0 Å². The Labute approximate surface area is 69.1 Å². The lowest BCUT2D eigenvalue weighted by atomic mass is 10.2. The molecule has 12 heavy (non-hydrogen) atoms. The molecule has 0 saturated carbocycles. The summed E-state index contributed by atoms with van der Waals surface area (Å²) in [4.78, 5) is 0. The van der Waals surface area contributed by atoms with Crippen molar-refractivity contribution < 1.29 is 9.37 Å². The molecule has 0 aliphatic carbocycles. The maximum absolute atomic E-state index is 5.11. The highest BCUT2D eigenvalue weighted by Crippen LogP contribution is 2.22. The van der Waals surface area contributed by atoms with Crippen molar-refractivity contribution in [1.82, 2.24) is 10.3 Å². The smallest absolute Gasteiger partial charge is 0.138 e. The second-order valence-electron chi connectivity index (χ2n) is 2.57. The molecule has 0 aliphatic heterocycles. The molecule has 1 aromatic heterocycles. The molecule has 0 unspecified atom stereocenters.